The summed E-state index contributed by atoms with van der Waals surface area (Å²) in [7, 11) is 0. The maximum absolute atomic E-state index is 12.7. The molecule has 0 saturated carbocycles. The maximum atomic E-state index is 12.7. The van der Waals surface area contributed by atoms with Crippen LogP contribution < -0.4 is 10.1 Å². The highest BCUT2D eigenvalue weighted by atomic mass is 16.5. The van der Waals surface area contributed by atoms with Gasteiger partial charge in [-0.2, -0.15) is 0 Å². The monoisotopic (exact) mass is 382 g/mol. The number of aliphatic hydroxyl groups is 1. The number of rotatable bonds is 7. The number of likely N-dealkylation sites (tertiary alicyclic amines) is 1. The molecule has 150 valence electrons. The zero-order chi connectivity index (χ0) is 19.8. The summed E-state index contributed by atoms with van der Waals surface area (Å²) >= 11 is 0. The number of carbonyl (C=O) groups excluding carboxylic acids is 1. The number of para-hydroxylation sites is 2. The lowest BCUT2D eigenvalue weighted by Crippen LogP contribution is -2.42. The minimum Gasteiger partial charge on any atom is -0.491 e. The van der Waals surface area contributed by atoms with Gasteiger partial charge in [0, 0.05) is 13.1 Å². The fourth-order valence-electron chi connectivity index (χ4n) is 3.56. The van der Waals surface area contributed by atoms with Crippen molar-refractivity contribution in [2.24, 2.45) is 5.92 Å². The smallest absolute Gasteiger partial charge is 0.321 e. The minimum atomic E-state index is -0.473. The molecule has 28 heavy (non-hydrogen) atoms. The van der Waals surface area contributed by atoms with E-state index in [1.54, 1.807) is 0 Å². The molecule has 1 unspecified atom stereocenters. The second-order valence-electron chi connectivity index (χ2n) is 7.31. The number of hydrogen-bond donors (Lipinski definition) is 2. The molecule has 1 aliphatic rings. The molecule has 0 aliphatic carbocycles. The maximum Gasteiger partial charge on any atom is 0.321 e. The molecule has 5 heteroatoms. The van der Waals surface area contributed by atoms with Crippen molar-refractivity contribution in [2.75, 3.05) is 25.0 Å². The Morgan fingerprint density at radius 1 is 1.14 bits per heavy atom. The zero-order valence-corrected chi connectivity index (χ0v) is 16.5. The normalized spacial score (nSPS) is 15.9. The number of unbranched alkanes of at least 4 members (excludes halogenated alkanes) is 1. The Hall–Kier alpha value is -2.53. The average Bonchev–Trinajstić information content (AvgIpc) is 2.75. The second-order valence-corrected chi connectivity index (χ2v) is 7.31. The van der Waals surface area contributed by atoms with Crippen LogP contribution in [-0.4, -0.2) is 35.7 Å². The van der Waals surface area contributed by atoms with E-state index in [4.69, 9.17) is 4.74 Å². The molecule has 3 rings (SSSR count). The van der Waals surface area contributed by atoms with E-state index in [9.17, 15) is 9.90 Å². The highest BCUT2D eigenvalue weighted by molar-refractivity contribution is 5.91. The molecule has 2 aromatic rings. The molecule has 1 heterocycles. The van der Waals surface area contributed by atoms with E-state index in [0.717, 1.165) is 31.2 Å². The largest absolute Gasteiger partial charge is 0.491 e. The van der Waals surface area contributed by atoms with Crippen LogP contribution in [0.25, 0.3) is 0 Å². The summed E-state index contributed by atoms with van der Waals surface area (Å²) in [5.41, 5.74) is 1.65. The van der Waals surface area contributed by atoms with Crippen molar-refractivity contribution in [2.45, 2.75) is 38.7 Å². The summed E-state index contributed by atoms with van der Waals surface area (Å²) in [4.78, 5) is 14.5. The summed E-state index contributed by atoms with van der Waals surface area (Å²) in [6, 6.07) is 17.2. The standard InChI is InChI=1S/C23H30N2O3/c1-2-3-17-28-21-12-8-7-11-20(21)24-23(27)25-15-13-19(14-16-25)22(26)18-9-5-4-6-10-18/h4-12,19,22,26H,2-3,13-17H2,1H3,(H,24,27). The first kappa shape index (κ1) is 20.2. The lowest BCUT2D eigenvalue weighted by Gasteiger charge is -2.34. The number of anilines is 1. The Labute approximate surface area is 167 Å². The highest BCUT2D eigenvalue weighted by Crippen LogP contribution is 2.31. The third kappa shape index (κ3) is 5.26. The van der Waals surface area contributed by atoms with Crippen LogP contribution in [0.15, 0.2) is 54.6 Å². The van der Waals surface area contributed by atoms with Gasteiger partial charge >= 0.3 is 6.03 Å². The molecule has 0 spiro atoms. The third-order valence-corrected chi connectivity index (χ3v) is 5.30. The molecule has 2 amide bonds. The number of piperidine rings is 1. The highest BCUT2D eigenvalue weighted by Gasteiger charge is 2.28. The van der Waals surface area contributed by atoms with Crippen molar-refractivity contribution in [1.29, 1.82) is 0 Å². The van der Waals surface area contributed by atoms with E-state index < -0.39 is 6.10 Å². The molecular weight excluding hydrogens is 352 g/mol. The molecule has 0 radical (unpaired) electrons. The summed E-state index contributed by atoms with van der Waals surface area (Å²) in [6.45, 7) is 4.04. The predicted molar refractivity (Wildman–Crippen MR) is 112 cm³/mol. The van der Waals surface area contributed by atoms with Crippen LogP contribution in [0.1, 0.15) is 44.3 Å². The van der Waals surface area contributed by atoms with Crippen LogP contribution in [0.4, 0.5) is 10.5 Å². The summed E-state index contributed by atoms with van der Waals surface area (Å²) in [5, 5.41) is 13.6. The quantitative estimate of drug-likeness (QED) is 0.674. The molecule has 1 aliphatic heterocycles. The first-order valence-corrected chi connectivity index (χ1v) is 10.2. The van der Waals surface area contributed by atoms with E-state index >= 15 is 0 Å². The van der Waals surface area contributed by atoms with Crippen molar-refractivity contribution in [3.05, 3.63) is 60.2 Å². The van der Waals surface area contributed by atoms with Crippen molar-refractivity contribution in [1.82, 2.24) is 4.90 Å². The van der Waals surface area contributed by atoms with E-state index in [2.05, 4.69) is 12.2 Å². The van der Waals surface area contributed by atoms with Crippen LogP contribution in [0.2, 0.25) is 0 Å². The zero-order valence-electron chi connectivity index (χ0n) is 16.5. The van der Waals surface area contributed by atoms with Gasteiger partial charge < -0.3 is 20.1 Å². The first-order valence-electron chi connectivity index (χ1n) is 10.2. The van der Waals surface area contributed by atoms with Gasteiger partial charge in [0.15, 0.2) is 0 Å². The molecule has 1 saturated heterocycles. The first-order chi connectivity index (χ1) is 13.7. The number of nitrogens with zero attached hydrogens (tertiary/aromatic N) is 1. The van der Waals surface area contributed by atoms with Gasteiger partial charge in [-0.1, -0.05) is 55.8 Å². The minimum absolute atomic E-state index is 0.112. The SMILES string of the molecule is CCCCOc1ccccc1NC(=O)N1CCC(C(O)c2ccccc2)CC1. The summed E-state index contributed by atoms with van der Waals surface area (Å²) in [6.07, 6.45) is 3.16. The topological polar surface area (TPSA) is 61.8 Å². The van der Waals surface area contributed by atoms with Gasteiger partial charge in [0.05, 0.1) is 18.4 Å². The number of ether oxygens (including phenoxy) is 1. The van der Waals surface area contributed by atoms with Crippen molar-refractivity contribution < 1.29 is 14.6 Å². The number of carbonyl (C=O) groups is 1. The lowest BCUT2D eigenvalue weighted by molar-refractivity contribution is 0.0683. The van der Waals surface area contributed by atoms with Crippen molar-refractivity contribution >= 4 is 11.7 Å². The van der Waals surface area contributed by atoms with Gasteiger partial charge in [0.2, 0.25) is 0 Å². The lowest BCUT2D eigenvalue weighted by atomic mass is 9.87. The van der Waals surface area contributed by atoms with Crippen LogP contribution in [-0.2, 0) is 0 Å². The van der Waals surface area contributed by atoms with Crippen LogP contribution in [0.5, 0.6) is 5.75 Å². The number of nitrogens with one attached hydrogen (secondary N) is 1. The van der Waals surface area contributed by atoms with Crippen molar-refractivity contribution in [3.63, 3.8) is 0 Å². The Bertz CT molecular complexity index is 743. The van der Waals surface area contributed by atoms with Gasteiger partial charge in [-0.25, -0.2) is 4.79 Å². The molecule has 5 nitrogen and oxygen atoms in total. The summed E-state index contributed by atoms with van der Waals surface area (Å²) in [5.74, 6) is 0.884. The van der Waals surface area contributed by atoms with Crippen LogP contribution >= 0.6 is 0 Å². The van der Waals surface area contributed by atoms with Gasteiger partial charge in [0.25, 0.3) is 0 Å². The van der Waals surface area contributed by atoms with Gasteiger partial charge in [-0.05, 0) is 42.9 Å². The van der Waals surface area contributed by atoms with Crippen molar-refractivity contribution in [3.8, 4) is 5.75 Å². The summed E-state index contributed by atoms with van der Waals surface area (Å²) < 4.78 is 5.80. The molecule has 1 fully saturated rings. The number of hydrogen-bond acceptors (Lipinski definition) is 3. The fourth-order valence-corrected chi connectivity index (χ4v) is 3.56. The van der Waals surface area contributed by atoms with Gasteiger partial charge in [0.1, 0.15) is 5.75 Å². The molecule has 0 aromatic heterocycles. The Balaban J connectivity index is 1.53. The molecule has 0 bridgehead atoms. The fraction of sp³-hybridized carbons (Fsp3) is 0.435. The van der Waals surface area contributed by atoms with E-state index in [1.807, 2.05) is 59.5 Å². The number of urea groups is 1. The van der Waals surface area contributed by atoms with Crippen LogP contribution in [0.3, 0.4) is 0 Å². The average molecular weight is 383 g/mol. The number of benzene rings is 2. The number of aliphatic hydroxyl groups excluding tert-OH is 1. The van der Waals surface area contributed by atoms with Crippen LogP contribution in [0, 0.1) is 5.92 Å². The molecule has 2 N–H and O–H groups in total. The Kier molecular flexibility index (Phi) is 7.31. The van der Waals surface area contributed by atoms with E-state index in [1.165, 1.54) is 0 Å². The Morgan fingerprint density at radius 2 is 1.82 bits per heavy atom. The van der Waals surface area contributed by atoms with E-state index in [-0.39, 0.29) is 11.9 Å². The van der Waals surface area contributed by atoms with Gasteiger partial charge in [-0.3, -0.25) is 0 Å². The Morgan fingerprint density at radius 3 is 2.54 bits per heavy atom. The molecule has 1 atom stereocenters. The van der Waals surface area contributed by atoms with Gasteiger partial charge in [-0.15, -0.1) is 0 Å². The molecule has 2 aromatic carbocycles. The van der Waals surface area contributed by atoms with E-state index in [0.29, 0.717) is 31.1 Å². The molecular formula is C23H30N2O3. The third-order valence-electron chi connectivity index (χ3n) is 5.30. The predicted octanol–water partition coefficient (Wildman–Crippen LogP) is 4.84. The second kappa shape index (κ2) is 10.1. The number of amides is 2.